The van der Waals surface area contributed by atoms with Crippen molar-refractivity contribution in [1.29, 1.82) is 0 Å². The van der Waals surface area contributed by atoms with Gasteiger partial charge in [0.25, 0.3) is 0 Å². The van der Waals surface area contributed by atoms with Gasteiger partial charge in [-0.25, -0.2) is 9.18 Å². The number of ketones is 1. The summed E-state index contributed by atoms with van der Waals surface area (Å²) in [5.74, 6) is -2.88. The van der Waals surface area contributed by atoms with Gasteiger partial charge in [-0.1, -0.05) is 26.8 Å². The summed E-state index contributed by atoms with van der Waals surface area (Å²) in [7, 11) is 1.24. The molecule has 4 aliphatic rings. The Morgan fingerprint density at radius 2 is 1.91 bits per heavy atom. The lowest BCUT2D eigenvalue weighted by atomic mass is 9.45. The molecule has 1 N–H and O–H groups in total. The number of carbonyl (C=O) groups is 3. The van der Waals surface area contributed by atoms with Crippen molar-refractivity contribution in [1.82, 2.24) is 0 Å². The number of aliphatic hydroxyl groups excluding tert-OH is 1. The van der Waals surface area contributed by atoms with Crippen LogP contribution in [0.4, 0.5) is 4.39 Å². The first-order chi connectivity index (χ1) is 14.8. The molecule has 32 heavy (non-hydrogen) atoms. The Bertz CT molecular complexity index is 947. The second-order valence-electron chi connectivity index (χ2n) is 10.3. The molecule has 0 aromatic heterocycles. The van der Waals surface area contributed by atoms with E-state index in [2.05, 4.69) is 0 Å². The number of ether oxygens (including phenoxy) is 2. The van der Waals surface area contributed by atoms with Gasteiger partial charge in [-0.2, -0.15) is 0 Å². The SMILES string of the molecule is COC(=O)C1(OC(C)=O)C(C)CC2C3CC(F)C4=CC(=O)C=CC4(C)C3(Cl)C(O)CC21C. The lowest BCUT2D eigenvalue weighted by Gasteiger charge is -2.64. The van der Waals surface area contributed by atoms with Crippen LogP contribution >= 0.6 is 11.6 Å². The van der Waals surface area contributed by atoms with E-state index in [-0.39, 0.29) is 30.1 Å². The topological polar surface area (TPSA) is 89.9 Å². The van der Waals surface area contributed by atoms with Crippen LogP contribution in [-0.4, -0.2) is 52.7 Å². The van der Waals surface area contributed by atoms with E-state index in [0.717, 1.165) is 0 Å². The maximum Gasteiger partial charge on any atom is 0.351 e. The van der Waals surface area contributed by atoms with E-state index in [9.17, 15) is 19.5 Å². The van der Waals surface area contributed by atoms with Crippen LogP contribution in [-0.2, 0) is 23.9 Å². The first kappa shape index (κ1) is 23.4. The van der Waals surface area contributed by atoms with E-state index in [1.807, 2.05) is 13.8 Å². The van der Waals surface area contributed by atoms with Crippen LogP contribution in [0.15, 0.2) is 23.8 Å². The Balaban J connectivity index is 1.89. The fourth-order valence-corrected chi connectivity index (χ4v) is 8.09. The zero-order chi connectivity index (χ0) is 23.9. The molecule has 4 rings (SSSR count). The van der Waals surface area contributed by atoms with Crippen LogP contribution in [0.2, 0.25) is 0 Å². The number of halogens is 2. The van der Waals surface area contributed by atoms with Crippen molar-refractivity contribution < 1.29 is 33.4 Å². The summed E-state index contributed by atoms with van der Waals surface area (Å²) in [5, 5.41) is 11.5. The molecule has 0 bridgehead atoms. The third-order valence-electron chi connectivity index (χ3n) is 8.96. The molecule has 3 saturated carbocycles. The normalized spacial score (nSPS) is 49.4. The van der Waals surface area contributed by atoms with Gasteiger partial charge < -0.3 is 14.6 Å². The number of methoxy groups -OCH3 is 1. The minimum absolute atomic E-state index is 0.00735. The maximum absolute atomic E-state index is 15.5. The van der Waals surface area contributed by atoms with Gasteiger partial charge in [0.2, 0.25) is 5.60 Å². The van der Waals surface area contributed by atoms with E-state index in [0.29, 0.717) is 6.42 Å². The number of alkyl halides is 2. The van der Waals surface area contributed by atoms with E-state index in [1.54, 1.807) is 13.0 Å². The highest BCUT2D eigenvalue weighted by atomic mass is 35.5. The number of allylic oxidation sites excluding steroid dienone is 4. The van der Waals surface area contributed by atoms with E-state index in [4.69, 9.17) is 21.1 Å². The second kappa shape index (κ2) is 7.13. The molecule has 0 aliphatic heterocycles. The standard InChI is InChI=1S/C24H30ClFO6/c1-12-8-15-16-10-18(26)17-9-14(28)6-7-21(17,3)23(16,25)19(29)11-22(15,4)24(12,20(30)31-5)32-13(2)27/h6-7,9,12,15-16,18-19,29H,8,10-11H2,1-5H3. The van der Waals surface area contributed by atoms with Gasteiger partial charge in [-0.3, -0.25) is 9.59 Å². The van der Waals surface area contributed by atoms with Gasteiger partial charge in [-0.15, -0.1) is 11.6 Å². The number of hydrogen-bond acceptors (Lipinski definition) is 6. The molecule has 0 saturated heterocycles. The van der Waals surface area contributed by atoms with Crippen LogP contribution in [0.3, 0.4) is 0 Å². The summed E-state index contributed by atoms with van der Waals surface area (Å²) in [6.45, 7) is 6.62. The van der Waals surface area contributed by atoms with Crippen molar-refractivity contribution >= 4 is 29.3 Å². The smallest absolute Gasteiger partial charge is 0.351 e. The molecule has 0 heterocycles. The van der Waals surface area contributed by atoms with Crippen molar-refractivity contribution in [2.45, 2.75) is 69.7 Å². The molecule has 0 aromatic rings. The summed E-state index contributed by atoms with van der Waals surface area (Å²) in [6, 6.07) is 0. The average molecular weight is 469 g/mol. The third kappa shape index (κ3) is 2.58. The van der Waals surface area contributed by atoms with Gasteiger partial charge in [0.05, 0.1) is 18.1 Å². The Labute approximate surface area is 192 Å². The molecule has 176 valence electrons. The summed E-state index contributed by atoms with van der Waals surface area (Å²) >= 11 is 7.30. The number of hydrogen-bond donors (Lipinski definition) is 1. The maximum atomic E-state index is 15.5. The molecule has 3 fully saturated rings. The number of carbonyl (C=O) groups excluding carboxylic acids is 3. The fourth-order valence-electron chi connectivity index (χ4n) is 7.60. The number of rotatable bonds is 2. The molecule has 4 aliphatic carbocycles. The Kier molecular flexibility index (Phi) is 5.22. The van der Waals surface area contributed by atoms with Crippen LogP contribution in [0.1, 0.15) is 47.0 Å². The largest absolute Gasteiger partial charge is 0.466 e. The van der Waals surface area contributed by atoms with Gasteiger partial charge in [-0.05, 0) is 48.8 Å². The summed E-state index contributed by atoms with van der Waals surface area (Å²) in [5.41, 5.74) is -3.42. The lowest BCUT2D eigenvalue weighted by molar-refractivity contribution is -0.214. The van der Waals surface area contributed by atoms with E-state index < -0.39 is 57.4 Å². The summed E-state index contributed by atoms with van der Waals surface area (Å²) in [4.78, 5) is 35.9. The summed E-state index contributed by atoms with van der Waals surface area (Å²) < 4.78 is 26.4. The monoisotopic (exact) mass is 468 g/mol. The minimum Gasteiger partial charge on any atom is -0.466 e. The van der Waals surface area contributed by atoms with Gasteiger partial charge >= 0.3 is 11.9 Å². The zero-order valence-electron chi connectivity index (χ0n) is 19.0. The quantitative estimate of drug-likeness (QED) is 0.494. The van der Waals surface area contributed by atoms with Crippen molar-refractivity contribution in [3.05, 3.63) is 23.8 Å². The fraction of sp³-hybridized carbons (Fsp3) is 0.708. The zero-order valence-corrected chi connectivity index (χ0v) is 19.7. The van der Waals surface area contributed by atoms with Crippen LogP contribution in [0, 0.1) is 28.6 Å². The third-order valence-corrected chi connectivity index (χ3v) is 9.89. The molecule has 0 amide bonds. The molecular formula is C24H30ClFO6. The Morgan fingerprint density at radius 1 is 1.25 bits per heavy atom. The van der Waals surface area contributed by atoms with Gasteiger partial charge in [0, 0.05) is 23.7 Å². The molecule has 9 atom stereocenters. The lowest BCUT2D eigenvalue weighted by Crippen LogP contribution is -2.70. The highest BCUT2D eigenvalue weighted by Crippen LogP contribution is 2.72. The van der Waals surface area contributed by atoms with Crippen molar-refractivity contribution in [3.63, 3.8) is 0 Å². The second-order valence-corrected chi connectivity index (χ2v) is 10.9. The molecule has 6 nitrogen and oxygen atoms in total. The highest BCUT2D eigenvalue weighted by Gasteiger charge is 2.77. The number of aliphatic hydroxyl groups is 1. The summed E-state index contributed by atoms with van der Waals surface area (Å²) in [6.07, 6.45) is 2.23. The number of esters is 2. The number of fused-ring (bicyclic) bond motifs is 5. The Hall–Kier alpha value is -1.73. The van der Waals surface area contributed by atoms with Crippen molar-refractivity contribution in [2.75, 3.05) is 7.11 Å². The Morgan fingerprint density at radius 3 is 2.50 bits per heavy atom. The first-order valence-corrected chi connectivity index (χ1v) is 11.4. The van der Waals surface area contributed by atoms with Crippen LogP contribution in [0.25, 0.3) is 0 Å². The van der Waals surface area contributed by atoms with E-state index >= 15 is 4.39 Å². The van der Waals surface area contributed by atoms with Crippen LogP contribution < -0.4 is 0 Å². The van der Waals surface area contributed by atoms with Crippen molar-refractivity contribution in [3.8, 4) is 0 Å². The average Bonchev–Trinajstić information content (AvgIpc) is 2.92. The predicted molar refractivity (Wildman–Crippen MR) is 114 cm³/mol. The first-order valence-electron chi connectivity index (χ1n) is 11.0. The van der Waals surface area contributed by atoms with E-state index in [1.165, 1.54) is 26.2 Å². The molecular weight excluding hydrogens is 439 g/mol. The molecule has 8 heteroatoms. The highest BCUT2D eigenvalue weighted by molar-refractivity contribution is 6.26. The van der Waals surface area contributed by atoms with Crippen LogP contribution in [0.5, 0.6) is 0 Å². The molecule has 0 aromatic carbocycles. The molecule has 9 unspecified atom stereocenters. The van der Waals surface area contributed by atoms with Gasteiger partial charge in [0.1, 0.15) is 6.17 Å². The predicted octanol–water partition coefficient (Wildman–Crippen LogP) is 3.30. The molecule has 0 spiro atoms. The molecule has 0 radical (unpaired) electrons. The minimum atomic E-state index is -1.61. The van der Waals surface area contributed by atoms with Crippen molar-refractivity contribution in [2.24, 2.45) is 28.6 Å². The van der Waals surface area contributed by atoms with Gasteiger partial charge in [0.15, 0.2) is 5.78 Å².